The van der Waals surface area contributed by atoms with Gasteiger partial charge in [0.1, 0.15) is 0 Å². The number of benzene rings is 1. The van der Waals surface area contributed by atoms with E-state index in [-0.39, 0.29) is 0 Å². The van der Waals surface area contributed by atoms with Gasteiger partial charge in [-0.3, -0.25) is 0 Å². The van der Waals surface area contributed by atoms with Crippen LogP contribution in [0, 0.1) is 17.8 Å². The minimum absolute atomic E-state index is 0.669. The summed E-state index contributed by atoms with van der Waals surface area (Å²) >= 11 is 6.53. The van der Waals surface area contributed by atoms with Crippen LogP contribution in [0.15, 0.2) is 18.2 Å². The highest BCUT2D eigenvalue weighted by atomic mass is 35.5. The Kier molecular flexibility index (Phi) is 5.95. The fraction of sp³-hybridized carbons (Fsp3) is 0.667. The van der Waals surface area contributed by atoms with E-state index in [1.54, 1.807) is 0 Å². The molecule has 0 aliphatic carbocycles. The summed E-state index contributed by atoms with van der Waals surface area (Å²) in [5.74, 6) is 2.14. The van der Waals surface area contributed by atoms with Gasteiger partial charge in [-0.15, -0.1) is 0 Å². The first-order valence-electron chi connectivity index (χ1n) is 8.20. The van der Waals surface area contributed by atoms with Gasteiger partial charge in [0, 0.05) is 19.6 Å². The molecule has 2 rings (SSSR count). The zero-order chi connectivity index (χ0) is 15.4. The number of para-hydroxylation sites is 1. The van der Waals surface area contributed by atoms with E-state index in [0.717, 1.165) is 43.0 Å². The lowest BCUT2D eigenvalue weighted by molar-refractivity contribution is 0.356. The first-order valence-corrected chi connectivity index (χ1v) is 8.58. The molecule has 1 heterocycles. The zero-order valence-corrected chi connectivity index (χ0v) is 14.6. The van der Waals surface area contributed by atoms with Gasteiger partial charge in [0.05, 0.1) is 10.7 Å². The van der Waals surface area contributed by atoms with Crippen molar-refractivity contribution in [2.45, 2.75) is 40.7 Å². The largest absolute Gasteiger partial charge is 0.370 e. The van der Waals surface area contributed by atoms with Crippen molar-refractivity contribution in [2.75, 3.05) is 24.5 Å². The van der Waals surface area contributed by atoms with Crippen molar-refractivity contribution in [2.24, 2.45) is 17.8 Å². The molecule has 1 fully saturated rings. The zero-order valence-electron chi connectivity index (χ0n) is 13.8. The minimum Gasteiger partial charge on any atom is -0.370 e. The molecular formula is C18H29ClN2. The summed E-state index contributed by atoms with van der Waals surface area (Å²) in [6.07, 6.45) is 1.32. The topological polar surface area (TPSA) is 15.3 Å². The molecule has 0 aromatic heterocycles. The molecule has 1 saturated heterocycles. The SMILES string of the molecule is CC(C)CNCc1cccc(Cl)c1N1CC(C)CC(C)C1. The normalized spacial score (nSPS) is 22.9. The summed E-state index contributed by atoms with van der Waals surface area (Å²) in [5, 5.41) is 4.43. The Labute approximate surface area is 134 Å². The molecule has 0 bridgehead atoms. The first kappa shape index (κ1) is 16.6. The van der Waals surface area contributed by atoms with Gasteiger partial charge in [-0.2, -0.15) is 0 Å². The lowest BCUT2D eigenvalue weighted by Gasteiger charge is -2.38. The van der Waals surface area contributed by atoms with Gasteiger partial charge in [-0.05, 0) is 42.3 Å². The molecule has 1 aliphatic heterocycles. The van der Waals surface area contributed by atoms with Crippen molar-refractivity contribution >= 4 is 17.3 Å². The molecule has 1 aromatic carbocycles. The third-order valence-electron chi connectivity index (χ3n) is 4.12. The number of rotatable bonds is 5. The van der Waals surface area contributed by atoms with Crippen LogP contribution in [0.3, 0.4) is 0 Å². The fourth-order valence-electron chi connectivity index (χ4n) is 3.40. The van der Waals surface area contributed by atoms with Gasteiger partial charge in [-0.1, -0.05) is 51.4 Å². The van der Waals surface area contributed by atoms with E-state index in [9.17, 15) is 0 Å². The molecule has 1 N–H and O–H groups in total. The van der Waals surface area contributed by atoms with Crippen molar-refractivity contribution < 1.29 is 0 Å². The average molecular weight is 309 g/mol. The quantitative estimate of drug-likeness (QED) is 0.857. The molecule has 0 spiro atoms. The van der Waals surface area contributed by atoms with Crippen molar-refractivity contribution in [3.05, 3.63) is 28.8 Å². The smallest absolute Gasteiger partial charge is 0.0642 e. The van der Waals surface area contributed by atoms with Gasteiger partial charge < -0.3 is 10.2 Å². The van der Waals surface area contributed by atoms with Gasteiger partial charge >= 0.3 is 0 Å². The number of piperidine rings is 1. The van der Waals surface area contributed by atoms with E-state index in [1.807, 2.05) is 6.07 Å². The Hall–Kier alpha value is -0.730. The Morgan fingerprint density at radius 3 is 2.52 bits per heavy atom. The summed E-state index contributed by atoms with van der Waals surface area (Å²) in [7, 11) is 0. The third-order valence-corrected chi connectivity index (χ3v) is 4.43. The molecule has 118 valence electrons. The number of hydrogen-bond acceptors (Lipinski definition) is 2. The molecular weight excluding hydrogens is 280 g/mol. The Morgan fingerprint density at radius 1 is 1.24 bits per heavy atom. The fourth-order valence-corrected chi connectivity index (χ4v) is 3.71. The van der Waals surface area contributed by atoms with Crippen LogP contribution in [0.1, 0.15) is 39.7 Å². The Morgan fingerprint density at radius 2 is 1.90 bits per heavy atom. The minimum atomic E-state index is 0.669. The molecule has 0 saturated carbocycles. The summed E-state index contributed by atoms with van der Waals surface area (Å²) in [6, 6.07) is 6.29. The molecule has 21 heavy (non-hydrogen) atoms. The third kappa shape index (κ3) is 4.62. The number of halogens is 1. The maximum absolute atomic E-state index is 6.53. The van der Waals surface area contributed by atoms with E-state index in [2.05, 4.69) is 50.0 Å². The summed E-state index contributed by atoms with van der Waals surface area (Å²) in [6.45, 7) is 13.3. The molecule has 2 atom stereocenters. The molecule has 2 unspecified atom stereocenters. The van der Waals surface area contributed by atoms with Crippen LogP contribution in [0.4, 0.5) is 5.69 Å². The van der Waals surface area contributed by atoms with Crippen LogP contribution in [-0.2, 0) is 6.54 Å². The molecule has 3 heteroatoms. The van der Waals surface area contributed by atoms with Crippen LogP contribution in [0.25, 0.3) is 0 Å². The molecule has 1 aromatic rings. The van der Waals surface area contributed by atoms with Crippen molar-refractivity contribution in [3.8, 4) is 0 Å². The lowest BCUT2D eigenvalue weighted by Crippen LogP contribution is -2.39. The van der Waals surface area contributed by atoms with E-state index in [1.165, 1.54) is 17.7 Å². The van der Waals surface area contributed by atoms with Crippen LogP contribution >= 0.6 is 11.6 Å². The molecule has 1 aliphatic rings. The number of hydrogen-bond donors (Lipinski definition) is 1. The highest BCUT2D eigenvalue weighted by molar-refractivity contribution is 6.33. The Bertz CT molecular complexity index is 449. The van der Waals surface area contributed by atoms with Crippen molar-refractivity contribution in [3.63, 3.8) is 0 Å². The van der Waals surface area contributed by atoms with Crippen LogP contribution < -0.4 is 10.2 Å². The molecule has 0 radical (unpaired) electrons. The van der Waals surface area contributed by atoms with Gasteiger partial charge in [0.15, 0.2) is 0 Å². The van der Waals surface area contributed by atoms with Gasteiger partial charge in [0.2, 0.25) is 0 Å². The van der Waals surface area contributed by atoms with E-state index < -0.39 is 0 Å². The predicted molar refractivity (Wildman–Crippen MR) is 93.2 cm³/mol. The van der Waals surface area contributed by atoms with Crippen LogP contribution in [0.5, 0.6) is 0 Å². The number of nitrogens with zero attached hydrogens (tertiary/aromatic N) is 1. The highest BCUT2D eigenvalue weighted by Gasteiger charge is 2.24. The second-order valence-electron chi connectivity index (χ2n) is 7.12. The van der Waals surface area contributed by atoms with Crippen molar-refractivity contribution in [1.82, 2.24) is 5.32 Å². The highest BCUT2D eigenvalue weighted by Crippen LogP contribution is 2.34. The number of nitrogens with one attached hydrogen (secondary N) is 1. The van der Waals surface area contributed by atoms with Crippen LogP contribution in [0.2, 0.25) is 5.02 Å². The van der Waals surface area contributed by atoms with E-state index in [4.69, 9.17) is 11.6 Å². The second-order valence-corrected chi connectivity index (χ2v) is 7.53. The Balaban J connectivity index is 2.16. The monoisotopic (exact) mass is 308 g/mol. The molecule has 2 nitrogen and oxygen atoms in total. The van der Waals surface area contributed by atoms with Crippen molar-refractivity contribution in [1.29, 1.82) is 0 Å². The maximum atomic E-state index is 6.53. The first-order chi connectivity index (χ1) is 9.97. The maximum Gasteiger partial charge on any atom is 0.0642 e. The predicted octanol–water partition coefficient (Wildman–Crippen LogP) is 4.57. The van der Waals surface area contributed by atoms with Crippen LogP contribution in [-0.4, -0.2) is 19.6 Å². The number of anilines is 1. The van der Waals surface area contributed by atoms with E-state index in [0.29, 0.717) is 5.92 Å². The summed E-state index contributed by atoms with van der Waals surface area (Å²) < 4.78 is 0. The van der Waals surface area contributed by atoms with E-state index >= 15 is 0 Å². The molecule has 0 amide bonds. The van der Waals surface area contributed by atoms with Gasteiger partial charge in [0.25, 0.3) is 0 Å². The standard InChI is InChI=1S/C18H29ClN2/c1-13(2)9-20-10-16-6-5-7-17(19)18(16)21-11-14(3)8-15(4)12-21/h5-7,13-15,20H,8-12H2,1-4H3. The second kappa shape index (κ2) is 7.51. The summed E-state index contributed by atoms with van der Waals surface area (Å²) in [5.41, 5.74) is 2.57. The van der Waals surface area contributed by atoms with Gasteiger partial charge in [-0.25, -0.2) is 0 Å². The average Bonchev–Trinajstić information content (AvgIpc) is 2.37. The lowest BCUT2D eigenvalue weighted by atomic mass is 9.91. The summed E-state index contributed by atoms with van der Waals surface area (Å²) in [4.78, 5) is 2.49.